The summed E-state index contributed by atoms with van der Waals surface area (Å²) in [7, 11) is 0. The lowest BCUT2D eigenvalue weighted by Gasteiger charge is -2.42. The minimum atomic E-state index is -0.722. The molecule has 0 radical (unpaired) electrons. The van der Waals surface area contributed by atoms with Gasteiger partial charge in [-0.1, -0.05) is 195 Å². The molecule has 0 N–H and O–H groups in total. The highest BCUT2D eigenvalue weighted by molar-refractivity contribution is 6.13. The molecule has 2 spiro atoms. The van der Waals surface area contributed by atoms with Crippen LogP contribution in [0.1, 0.15) is 186 Å². The zero-order valence-electron chi connectivity index (χ0n) is 50.7. The number of hydrogen-bond acceptors (Lipinski definition) is 4. The summed E-state index contributed by atoms with van der Waals surface area (Å²) in [6, 6.07) is 69.7. The fourth-order valence-electron chi connectivity index (χ4n) is 17.3. The Labute approximate surface area is 507 Å². The van der Waals surface area contributed by atoms with Crippen LogP contribution in [-0.4, -0.2) is 0 Å². The fourth-order valence-corrected chi connectivity index (χ4v) is 17.3. The van der Waals surface area contributed by atoms with Gasteiger partial charge in [0, 0.05) is 39.0 Å². The third-order valence-corrected chi connectivity index (χ3v) is 21.5. The molecule has 2 saturated carbocycles. The maximum absolute atomic E-state index is 7.33. The zero-order valence-corrected chi connectivity index (χ0v) is 50.7. The maximum atomic E-state index is 7.33. The SMILES string of the molecule is CC(C)(C)c1ccc2c(c1)C1(c3cc(C(C)(C)C)ccc3O2)c2ccccc2-c2ccc(N(c3ccc4c(c3)C3(C5=C(CCC(C6CCCCC6)=C5)c5ccc(C6CCCCC6)cc53)c3ccccc3O4)c3cccc4oc5ccccc5c34)cc21. The first kappa shape index (κ1) is 52.0. The zero-order chi connectivity index (χ0) is 57.8. The van der Waals surface area contributed by atoms with Crippen molar-refractivity contribution in [2.45, 2.75) is 146 Å². The van der Waals surface area contributed by atoms with Crippen LogP contribution in [0.5, 0.6) is 23.0 Å². The van der Waals surface area contributed by atoms with Crippen molar-refractivity contribution in [1.29, 1.82) is 0 Å². The van der Waals surface area contributed by atoms with Crippen LogP contribution < -0.4 is 14.4 Å². The Balaban J connectivity index is 0.957. The van der Waals surface area contributed by atoms with E-state index in [1.165, 1.54) is 148 Å². The average Bonchev–Trinajstić information content (AvgIpc) is 1.46. The number of benzene rings is 9. The van der Waals surface area contributed by atoms with Crippen molar-refractivity contribution in [3.8, 4) is 34.1 Å². The summed E-state index contributed by atoms with van der Waals surface area (Å²) in [4.78, 5) is 2.56. The Bertz CT molecular complexity index is 4470. The van der Waals surface area contributed by atoms with Crippen molar-refractivity contribution in [3.05, 3.63) is 260 Å². The predicted molar refractivity (Wildman–Crippen MR) is 353 cm³/mol. The fraction of sp³-hybridized carbons (Fsp3) is 0.293. The van der Waals surface area contributed by atoms with Crippen LogP contribution in [0, 0.1) is 5.92 Å². The molecule has 10 aromatic rings. The van der Waals surface area contributed by atoms with E-state index in [2.05, 4.69) is 235 Å². The third-order valence-electron chi connectivity index (χ3n) is 21.5. The minimum absolute atomic E-state index is 0.109. The smallest absolute Gasteiger partial charge is 0.137 e. The highest BCUT2D eigenvalue weighted by Gasteiger charge is 2.55. The van der Waals surface area contributed by atoms with Gasteiger partial charge in [0.05, 0.1) is 21.9 Å². The summed E-state index contributed by atoms with van der Waals surface area (Å²) in [6.07, 6.45) is 17.9. The van der Waals surface area contributed by atoms with Gasteiger partial charge >= 0.3 is 0 Å². The van der Waals surface area contributed by atoms with E-state index in [-0.39, 0.29) is 10.8 Å². The second-order valence-corrected chi connectivity index (χ2v) is 28.2. The number of allylic oxidation sites excluding steroid dienone is 4. The molecule has 0 bridgehead atoms. The van der Waals surface area contributed by atoms with E-state index in [1.54, 1.807) is 5.57 Å². The summed E-state index contributed by atoms with van der Waals surface area (Å²) >= 11 is 0. The summed E-state index contributed by atoms with van der Waals surface area (Å²) < 4.78 is 21.3. The van der Waals surface area contributed by atoms with E-state index in [0.717, 1.165) is 74.8 Å². The van der Waals surface area contributed by atoms with Gasteiger partial charge in [-0.15, -0.1) is 0 Å². The molecule has 86 heavy (non-hydrogen) atoms. The summed E-state index contributed by atoms with van der Waals surface area (Å²) in [6.45, 7) is 14.0. The van der Waals surface area contributed by atoms with Gasteiger partial charge in [0.25, 0.3) is 0 Å². The first-order chi connectivity index (χ1) is 41.9. The molecule has 4 nitrogen and oxygen atoms in total. The standard InChI is InChI=1S/C82H75NO3/c1-79(2,3)54-34-41-74-68(46-54)81(69-47-55(80(4,5)6)35-42-75(69)86-74)63-26-15-13-24-58(63)61-40-36-56(48-67(61)81)83(71-28-19-31-77-78(71)62-25-14-17-29-72(62)84-77)57-37-43-76-70(49-57)82(64-27-16-18-30-73(64)85-76)65-44-52(50-20-9-7-10-21-50)32-38-59(65)60-39-33-53(45-66(60)82)51-22-11-8-12-23-51/h13-19,24-32,34-38,40-51H,7-12,20-23,33,39H2,1-6H3. The summed E-state index contributed by atoms with van der Waals surface area (Å²) in [5.74, 6) is 4.85. The van der Waals surface area contributed by atoms with Gasteiger partial charge in [0.2, 0.25) is 0 Å². The monoisotopic (exact) mass is 1120 g/mol. The van der Waals surface area contributed by atoms with E-state index in [9.17, 15) is 0 Å². The number of rotatable bonds is 5. The van der Waals surface area contributed by atoms with Gasteiger partial charge in [-0.05, 0) is 201 Å². The number of furan rings is 1. The van der Waals surface area contributed by atoms with Crippen LogP contribution in [0.4, 0.5) is 17.1 Å². The lowest BCUT2D eigenvalue weighted by atomic mass is 9.63. The molecule has 17 rings (SSSR count). The molecule has 2 aliphatic heterocycles. The van der Waals surface area contributed by atoms with E-state index in [1.807, 2.05) is 0 Å². The van der Waals surface area contributed by atoms with Crippen molar-refractivity contribution in [1.82, 2.24) is 0 Å². The number of ether oxygens (including phenoxy) is 2. The van der Waals surface area contributed by atoms with Crippen LogP contribution in [0.2, 0.25) is 0 Å². The Morgan fingerprint density at radius 2 is 0.977 bits per heavy atom. The topological polar surface area (TPSA) is 34.8 Å². The summed E-state index contributed by atoms with van der Waals surface area (Å²) in [5.41, 5.74) is 24.7. The second-order valence-electron chi connectivity index (χ2n) is 28.2. The normalized spacial score (nSPS) is 19.2. The van der Waals surface area contributed by atoms with Crippen LogP contribution in [0.25, 0.3) is 38.6 Å². The second kappa shape index (κ2) is 19.1. The highest BCUT2D eigenvalue weighted by atomic mass is 16.5. The molecule has 4 heteroatoms. The van der Waals surface area contributed by atoms with Crippen molar-refractivity contribution >= 4 is 44.6 Å². The van der Waals surface area contributed by atoms with E-state index in [0.29, 0.717) is 11.8 Å². The van der Waals surface area contributed by atoms with E-state index >= 15 is 0 Å². The molecule has 2 fully saturated rings. The van der Waals surface area contributed by atoms with Gasteiger partial charge in [-0.3, -0.25) is 0 Å². The lowest BCUT2D eigenvalue weighted by Crippen LogP contribution is -2.34. The van der Waals surface area contributed by atoms with Crippen molar-refractivity contribution < 1.29 is 13.9 Å². The van der Waals surface area contributed by atoms with Crippen LogP contribution in [-0.2, 0) is 21.7 Å². The number of nitrogens with zero attached hydrogens (tertiary/aromatic N) is 1. The highest BCUT2D eigenvalue weighted by Crippen LogP contribution is 2.67. The molecule has 9 aromatic carbocycles. The maximum Gasteiger partial charge on any atom is 0.137 e. The number of anilines is 3. The Morgan fingerprint density at radius 3 is 1.70 bits per heavy atom. The van der Waals surface area contributed by atoms with Crippen molar-refractivity contribution in [3.63, 3.8) is 0 Å². The van der Waals surface area contributed by atoms with E-state index in [4.69, 9.17) is 13.9 Å². The minimum Gasteiger partial charge on any atom is -0.457 e. The number of para-hydroxylation sites is 2. The van der Waals surface area contributed by atoms with Crippen molar-refractivity contribution in [2.24, 2.45) is 5.92 Å². The molecule has 1 aromatic heterocycles. The average molecular weight is 1120 g/mol. The molecule has 3 heterocycles. The molecular weight excluding hydrogens is 1050 g/mol. The molecule has 7 aliphatic rings. The van der Waals surface area contributed by atoms with Gasteiger partial charge in [-0.2, -0.15) is 0 Å². The van der Waals surface area contributed by atoms with Gasteiger partial charge in [0.15, 0.2) is 0 Å². The number of fused-ring (bicyclic) bond motifs is 20. The van der Waals surface area contributed by atoms with Gasteiger partial charge < -0.3 is 18.8 Å². The first-order valence-corrected chi connectivity index (χ1v) is 32.3. The Hall–Kier alpha value is -8.34. The summed E-state index contributed by atoms with van der Waals surface area (Å²) in [5, 5.41) is 2.18. The molecule has 5 aliphatic carbocycles. The first-order valence-electron chi connectivity index (χ1n) is 32.3. The predicted octanol–water partition coefficient (Wildman–Crippen LogP) is 22.7. The van der Waals surface area contributed by atoms with Gasteiger partial charge in [-0.25, -0.2) is 0 Å². The molecule has 0 amide bonds. The van der Waals surface area contributed by atoms with Crippen LogP contribution in [0.15, 0.2) is 204 Å². The molecule has 1 unspecified atom stereocenters. The largest absolute Gasteiger partial charge is 0.457 e. The van der Waals surface area contributed by atoms with Gasteiger partial charge in [0.1, 0.15) is 34.2 Å². The molecule has 1 atom stereocenters. The van der Waals surface area contributed by atoms with E-state index < -0.39 is 10.8 Å². The third kappa shape index (κ3) is 7.53. The molecule has 0 saturated heterocycles. The Kier molecular flexibility index (Phi) is 11.5. The number of hydrogen-bond donors (Lipinski definition) is 0. The molecule has 426 valence electrons. The van der Waals surface area contributed by atoms with Crippen LogP contribution in [0.3, 0.4) is 0 Å². The Morgan fingerprint density at radius 1 is 0.419 bits per heavy atom. The lowest BCUT2D eigenvalue weighted by molar-refractivity contribution is 0.393. The molecular formula is C82H75NO3. The van der Waals surface area contributed by atoms with Crippen LogP contribution >= 0.6 is 0 Å². The van der Waals surface area contributed by atoms with Crippen molar-refractivity contribution in [2.75, 3.05) is 4.90 Å². The quantitative estimate of drug-likeness (QED) is 0.172.